The summed E-state index contributed by atoms with van der Waals surface area (Å²) < 4.78 is 25.8. The number of carbonyl (C=O) groups excluding carboxylic acids is 1. The number of ketones is 1. The Morgan fingerprint density at radius 2 is 2.00 bits per heavy atom. The summed E-state index contributed by atoms with van der Waals surface area (Å²) in [4.78, 5) is 22.3. The number of rotatable bonds is 5. The summed E-state index contributed by atoms with van der Waals surface area (Å²) in [7, 11) is 0. The lowest BCUT2D eigenvalue weighted by Crippen LogP contribution is -2.20. The third-order valence-corrected chi connectivity index (χ3v) is 2.67. The van der Waals surface area contributed by atoms with E-state index in [4.69, 9.17) is 5.11 Å². The van der Waals surface area contributed by atoms with Gasteiger partial charge in [0, 0.05) is 18.2 Å². The van der Waals surface area contributed by atoms with E-state index in [2.05, 4.69) is 12.6 Å². The van der Waals surface area contributed by atoms with Crippen LogP contribution in [0.2, 0.25) is 0 Å². The van der Waals surface area contributed by atoms with Crippen LogP contribution in [0.5, 0.6) is 0 Å². The van der Waals surface area contributed by atoms with Crippen molar-refractivity contribution >= 4 is 24.4 Å². The zero-order chi connectivity index (χ0) is 13.0. The van der Waals surface area contributed by atoms with E-state index >= 15 is 0 Å². The number of carbonyl (C=O) groups is 2. The molecule has 1 aromatic carbocycles. The van der Waals surface area contributed by atoms with Gasteiger partial charge in [-0.3, -0.25) is 9.59 Å². The Morgan fingerprint density at radius 1 is 1.35 bits per heavy atom. The lowest BCUT2D eigenvalue weighted by atomic mass is 9.99. The normalized spacial score (nSPS) is 12.2. The number of hydrogen-bond donors (Lipinski definition) is 2. The Morgan fingerprint density at radius 3 is 2.47 bits per heavy atom. The summed E-state index contributed by atoms with van der Waals surface area (Å²) in [6.07, 6.45) is -0.360. The number of halogens is 2. The van der Waals surface area contributed by atoms with Crippen molar-refractivity contribution < 1.29 is 23.5 Å². The molecule has 92 valence electrons. The molecule has 0 amide bonds. The fraction of sp³-hybridized carbons (Fsp3) is 0.273. The molecule has 0 radical (unpaired) electrons. The third-order valence-electron chi connectivity index (χ3n) is 2.23. The molecule has 0 aliphatic heterocycles. The van der Waals surface area contributed by atoms with Crippen LogP contribution in [-0.4, -0.2) is 22.6 Å². The molecule has 0 aliphatic carbocycles. The van der Waals surface area contributed by atoms with Gasteiger partial charge in [-0.1, -0.05) is 0 Å². The van der Waals surface area contributed by atoms with E-state index in [1.807, 2.05) is 0 Å². The molecule has 6 heteroatoms. The first-order chi connectivity index (χ1) is 7.95. The molecule has 0 saturated heterocycles. The predicted octanol–water partition coefficient (Wildman–Crippen LogP) is 2.17. The van der Waals surface area contributed by atoms with Crippen molar-refractivity contribution in [3.05, 3.63) is 35.4 Å². The lowest BCUT2D eigenvalue weighted by molar-refractivity contribution is -0.140. The zero-order valence-corrected chi connectivity index (χ0v) is 9.58. The molecular weight excluding hydrogens is 250 g/mol. The van der Waals surface area contributed by atoms with Gasteiger partial charge in [0.05, 0.1) is 11.5 Å². The molecule has 0 spiro atoms. The van der Waals surface area contributed by atoms with Crippen LogP contribution in [0.15, 0.2) is 18.2 Å². The van der Waals surface area contributed by atoms with E-state index in [9.17, 15) is 18.4 Å². The number of aliphatic carboxylic acids is 1. The number of carboxylic acids is 1. The maximum atomic E-state index is 13.2. The first-order valence-corrected chi connectivity index (χ1v) is 5.41. The van der Waals surface area contributed by atoms with Crippen LogP contribution >= 0.6 is 12.6 Å². The minimum absolute atomic E-state index is 0.0239. The molecule has 1 atom stereocenters. The standard InChI is InChI=1S/C11H10F2O3S/c12-7-1-2-8(9(13)4-7)10(14)3-6(5-17)11(15)16/h1-2,4,6,17H,3,5H2,(H,15,16). The van der Waals surface area contributed by atoms with Gasteiger partial charge in [-0.2, -0.15) is 12.6 Å². The molecule has 1 rings (SSSR count). The number of hydrogen-bond acceptors (Lipinski definition) is 3. The van der Waals surface area contributed by atoms with Gasteiger partial charge < -0.3 is 5.11 Å². The van der Waals surface area contributed by atoms with E-state index in [-0.39, 0.29) is 17.7 Å². The minimum Gasteiger partial charge on any atom is -0.481 e. The van der Waals surface area contributed by atoms with E-state index in [1.165, 1.54) is 0 Å². The molecular formula is C11H10F2O3S. The third kappa shape index (κ3) is 3.52. The summed E-state index contributed by atoms with van der Waals surface area (Å²) >= 11 is 3.80. The van der Waals surface area contributed by atoms with Crippen LogP contribution < -0.4 is 0 Å². The first kappa shape index (κ1) is 13.6. The smallest absolute Gasteiger partial charge is 0.307 e. The van der Waals surface area contributed by atoms with Crippen LogP contribution in [0.25, 0.3) is 0 Å². The van der Waals surface area contributed by atoms with Gasteiger partial charge in [0.1, 0.15) is 11.6 Å². The molecule has 1 N–H and O–H groups in total. The maximum Gasteiger partial charge on any atom is 0.307 e. The molecule has 0 aliphatic rings. The van der Waals surface area contributed by atoms with Gasteiger partial charge in [-0.05, 0) is 12.1 Å². The average Bonchev–Trinajstić information content (AvgIpc) is 2.24. The van der Waals surface area contributed by atoms with Crippen molar-refractivity contribution in [2.75, 3.05) is 5.75 Å². The monoisotopic (exact) mass is 260 g/mol. The molecule has 0 aromatic heterocycles. The Bertz CT molecular complexity index is 448. The molecule has 0 saturated carbocycles. The van der Waals surface area contributed by atoms with Gasteiger partial charge in [-0.15, -0.1) is 0 Å². The van der Waals surface area contributed by atoms with E-state index in [1.54, 1.807) is 0 Å². The van der Waals surface area contributed by atoms with Crippen molar-refractivity contribution in [1.82, 2.24) is 0 Å². The summed E-state index contributed by atoms with van der Waals surface area (Å²) in [5.74, 6) is -4.62. The number of thiol groups is 1. The summed E-state index contributed by atoms with van der Waals surface area (Å²) in [6, 6.07) is 2.54. The second-order valence-electron chi connectivity index (χ2n) is 3.47. The van der Waals surface area contributed by atoms with Crippen molar-refractivity contribution in [1.29, 1.82) is 0 Å². The highest BCUT2D eigenvalue weighted by molar-refractivity contribution is 7.80. The second kappa shape index (κ2) is 5.77. The van der Waals surface area contributed by atoms with Gasteiger partial charge in [0.25, 0.3) is 0 Å². The van der Waals surface area contributed by atoms with Gasteiger partial charge in [0.15, 0.2) is 5.78 Å². The predicted molar refractivity (Wildman–Crippen MR) is 60.3 cm³/mol. The Balaban J connectivity index is 2.86. The van der Waals surface area contributed by atoms with E-state index < -0.39 is 29.3 Å². The van der Waals surface area contributed by atoms with Crippen LogP contribution in [0.1, 0.15) is 16.8 Å². The van der Waals surface area contributed by atoms with Gasteiger partial charge in [-0.25, -0.2) is 8.78 Å². The first-order valence-electron chi connectivity index (χ1n) is 4.77. The van der Waals surface area contributed by atoms with E-state index in [0.29, 0.717) is 6.07 Å². The van der Waals surface area contributed by atoms with Crippen LogP contribution in [0.3, 0.4) is 0 Å². The average molecular weight is 260 g/mol. The topological polar surface area (TPSA) is 54.4 Å². The van der Waals surface area contributed by atoms with Gasteiger partial charge in [0.2, 0.25) is 0 Å². The molecule has 3 nitrogen and oxygen atoms in total. The number of benzene rings is 1. The van der Waals surface area contributed by atoms with Crippen LogP contribution in [0, 0.1) is 17.6 Å². The van der Waals surface area contributed by atoms with Crippen molar-refractivity contribution in [2.45, 2.75) is 6.42 Å². The van der Waals surface area contributed by atoms with Crippen LogP contribution in [-0.2, 0) is 4.79 Å². The zero-order valence-electron chi connectivity index (χ0n) is 8.69. The van der Waals surface area contributed by atoms with Crippen LogP contribution in [0.4, 0.5) is 8.78 Å². The SMILES string of the molecule is O=C(CC(CS)C(=O)O)c1ccc(F)cc1F. The Labute approximate surface area is 102 Å². The maximum absolute atomic E-state index is 13.2. The molecule has 0 fully saturated rings. The summed E-state index contributed by atoms with van der Waals surface area (Å²) in [6.45, 7) is 0. The number of Topliss-reactive ketones (excluding diaryl/α,β-unsaturated/α-hetero) is 1. The number of carboxylic acid groups (broad SMARTS) is 1. The van der Waals surface area contributed by atoms with Gasteiger partial charge >= 0.3 is 5.97 Å². The summed E-state index contributed by atoms with van der Waals surface area (Å²) in [5, 5.41) is 8.73. The molecule has 17 heavy (non-hydrogen) atoms. The van der Waals surface area contributed by atoms with Crippen molar-refractivity contribution in [3.63, 3.8) is 0 Å². The quantitative estimate of drug-likeness (QED) is 0.630. The second-order valence-corrected chi connectivity index (χ2v) is 3.83. The molecule has 1 aromatic rings. The Hall–Kier alpha value is -1.43. The highest BCUT2D eigenvalue weighted by Crippen LogP contribution is 2.16. The largest absolute Gasteiger partial charge is 0.481 e. The molecule has 1 unspecified atom stereocenters. The van der Waals surface area contributed by atoms with Crippen molar-refractivity contribution in [3.8, 4) is 0 Å². The van der Waals surface area contributed by atoms with Crippen molar-refractivity contribution in [2.24, 2.45) is 5.92 Å². The van der Waals surface area contributed by atoms with E-state index in [0.717, 1.165) is 12.1 Å². The Kier molecular flexibility index (Phi) is 4.62. The lowest BCUT2D eigenvalue weighted by Gasteiger charge is -2.08. The summed E-state index contributed by atoms with van der Waals surface area (Å²) in [5.41, 5.74) is -0.306. The highest BCUT2D eigenvalue weighted by atomic mass is 32.1. The molecule has 0 bridgehead atoms. The molecule has 0 heterocycles. The fourth-order valence-electron chi connectivity index (χ4n) is 1.28. The fourth-order valence-corrected chi connectivity index (χ4v) is 1.56. The highest BCUT2D eigenvalue weighted by Gasteiger charge is 2.22. The minimum atomic E-state index is -1.17.